The van der Waals surface area contributed by atoms with Crippen LogP contribution in [0.5, 0.6) is 52.9 Å². The normalized spacial score (nSPS) is 12.5. The summed E-state index contributed by atoms with van der Waals surface area (Å²) in [5.41, 5.74) is 32.1. The molecule has 0 aliphatic heterocycles. The molecule has 13 rings (SSSR count). The van der Waals surface area contributed by atoms with Crippen molar-refractivity contribution < 1.29 is 71.8 Å². The van der Waals surface area contributed by atoms with Crippen molar-refractivity contribution in [1.29, 1.82) is 0 Å². The number of aliphatic hydroxyl groups is 4. The lowest BCUT2D eigenvalue weighted by atomic mass is 10.0. The van der Waals surface area contributed by atoms with Gasteiger partial charge in [-0.25, -0.2) is 51.8 Å². The van der Waals surface area contributed by atoms with Gasteiger partial charge in [-0.05, 0) is 86.4 Å². The summed E-state index contributed by atoms with van der Waals surface area (Å²) in [5, 5.41) is 57.3. The first-order valence-electron chi connectivity index (χ1n) is 45.5. The van der Waals surface area contributed by atoms with Gasteiger partial charge in [0.05, 0.1) is 80.6 Å². The number of fused-ring (bicyclic) bond motifs is 5. The van der Waals surface area contributed by atoms with E-state index in [-0.39, 0.29) is 122 Å². The summed E-state index contributed by atoms with van der Waals surface area (Å²) in [7, 11) is 0. The highest BCUT2D eigenvalue weighted by molar-refractivity contribution is 5.91. The van der Waals surface area contributed by atoms with Crippen LogP contribution in [0, 0.1) is 17.6 Å². The van der Waals surface area contributed by atoms with E-state index < -0.39 is 11.6 Å². The first kappa shape index (κ1) is 99.7. The number of aromatic nitrogens is 17. The number of imidazole rings is 4. The molecule has 0 amide bonds. The summed E-state index contributed by atoms with van der Waals surface area (Å²) in [6.07, 6.45) is 25.1. The zero-order chi connectivity index (χ0) is 92.9. The Hall–Kier alpha value is -12.4. The Labute approximate surface area is 757 Å². The largest absolute Gasteiger partial charge is 0.493 e. The Kier molecular flexibility index (Phi) is 39.7. The molecule has 34 nitrogen and oxygen atoms in total. The molecule has 9 heterocycles. The zero-order valence-corrected chi connectivity index (χ0v) is 76.5. The van der Waals surface area contributed by atoms with Crippen LogP contribution in [-0.2, 0) is 25.7 Å². The number of hydrogen-bond donors (Lipinski definition) is 8. The Morgan fingerprint density at radius 1 is 0.377 bits per heavy atom. The molecule has 5 unspecified atom stereocenters. The maximum Gasteiger partial charge on any atom is 0.336 e. The van der Waals surface area contributed by atoms with Gasteiger partial charge in [0.1, 0.15) is 59.0 Å². The van der Waals surface area contributed by atoms with Crippen molar-refractivity contribution in [3.8, 4) is 52.9 Å². The monoisotopic (exact) mass is 1800 g/mol. The Morgan fingerprint density at radius 3 is 1.18 bits per heavy atom. The van der Waals surface area contributed by atoms with E-state index in [9.17, 15) is 29.2 Å². The topological polar surface area (TPSA) is 453 Å². The maximum absolute atomic E-state index is 14.7. The van der Waals surface area contributed by atoms with E-state index in [2.05, 4.69) is 132 Å². The van der Waals surface area contributed by atoms with Crippen molar-refractivity contribution in [2.75, 3.05) is 82.4 Å². The number of ether oxygens (including phenoxy) is 9. The predicted molar refractivity (Wildman–Crippen MR) is 494 cm³/mol. The van der Waals surface area contributed by atoms with Gasteiger partial charge in [-0.1, -0.05) is 156 Å². The zero-order valence-electron chi connectivity index (χ0n) is 76.5. The van der Waals surface area contributed by atoms with E-state index in [0.29, 0.717) is 119 Å². The van der Waals surface area contributed by atoms with E-state index in [0.717, 1.165) is 152 Å². The molecule has 130 heavy (non-hydrogen) atoms. The summed E-state index contributed by atoms with van der Waals surface area (Å²) in [6.45, 7) is 23.9. The minimum atomic E-state index is -0.712. The molecule has 0 fully saturated rings. The number of unbranched alkanes of at least 4 members (excludes halogenated alkanes) is 3. The summed E-state index contributed by atoms with van der Waals surface area (Å²) in [5.74, 6) is 3.16. The quantitative estimate of drug-likeness (QED) is 0.0164. The van der Waals surface area contributed by atoms with Gasteiger partial charge in [0.15, 0.2) is 45.9 Å². The fraction of sp³-hybridized carbons (Fsp3) is 0.500. The highest BCUT2D eigenvalue weighted by atomic mass is 19.1. The highest BCUT2D eigenvalue weighted by Crippen LogP contribution is 2.34. The molecule has 0 aliphatic carbocycles. The lowest BCUT2D eigenvalue weighted by molar-refractivity contribution is 0.132. The fourth-order valence-corrected chi connectivity index (χ4v) is 14.1. The van der Waals surface area contributed by atoms with Crippen LogP contribution in [0.3, 0.4) is 0 Å². The lowest BCUT2D eigenvalue weighted by Gasteiger charge is -2.16. The van der Waals surface area contributed by atoms with Crippen LogP contribution in [0.1, 0.15) is 236 Å². The Bertz CT molecular complexity index is 5580. The third kappa shape index (κ3) is 28.3. The van der Waals surface area contributed by atoms with Crippen molar-refractivity contribution in [2.24, 2.45) is 5.92 Å². The second-order valence-electron chi connectivity index (χ2n) is 31.7. The van der Waals surface area contributed by atoms with Gasteiger partial charge >= 0.3 is 24.0 Å². The van der Waals surface area contributed by atoms with Crippen LogP contribution in [-0.4, -0.2) is 188 Å². The third-order valence-corrected chi connectivity index (χ3v) is 21.3. The fourth-order valence-electron chi connectivity index (χ4n) is 14.1. The molecule has 9 aromatic heterocycles. The average molecular weight is 1800 g/mol. The van der Waals surface area contributed by atoms with Crippen molar-refractivity contribution >= 4 is 56.6 Å². The number of anilines is 4. The molecule has 0 bridgehead atoms. The van der Waals surface area contributed by atoms with Gasteiger partial charge in [0.25, 0.3) is 0 Å². The number of hydrogen-bond acceptors (Lipinski definition) is 30. The smallest absolute Gasteiger partial charge is 0.336 e. The SMILES string of the molecule is CCCC(CCO)Oc1nc(N)c2ncc(Cc3ccc(OCC(C)CC)nc3)n2n1.CCCCOc1cc(F)c(Cc2cnc3c(N)nc(OC(CCC)CCO)nn23)c(F)c1.CCCCOc1ccc(Cc2cnc3c(N)nc(OC(CCC)CCO)nn23)c(OCC)c1.CCCCOc1ccc(Cc2cnc3c(N)nc(OC(CCC)CCO)nn23)c2ccccc12. The molecule has 0 radical (unpaired) electrons. The average Bonchev–Trinajstić information content (AvgIpc) is 1.57. The van der Waals surface area contributed by atoms with Gasteiger partial charge < -0.3 is 86.0 Å². The molecule has 0 saturated heterocycles. The second kappa shape index (κ2) is 51.7. The van der Waals surface area contributed by atoms with Crippen LogP contribution in [0.25, 0.3) is 33.4 Å². The first-order valence-corrected chi connectivity index (χ1v) is 45.5. The molecule has 36 heteroatoms. The minimum absolute atomic E-state index is 0.0155. The highest BCUT2D eigenvalue weighted by Gasteiger charge is 2.25. The van der Waals surface area contributed by atoms with E-state index in [1.54, 1.807) is 38.3 Å². The number of pyridine rings is 1. The van der Waals surface area contributed by atoms with Gasteiger partial charge in [0, 0.05) is 125 Å². The molecule has 5 atom stereocenters. The minimum Gasteiger partial charge on any atom is -0.493 e. The molecule has 0 aliphatic rings. The number of nitrogen functional groups attached to an aromatic ring is 4. The van der Waals surface area contributed by atoms with Gasteiger partial charge in [-0.2, -0.15) is 19.9 Å². The maximum atomic E-state index is 14.7. The van der Waals surface area contributed by atoms with Crippen molar-refractivity contribution in [3.05, 3.63) is 167 Å². The summed E-state index contributed by atoms with van der Waals surface area (Å²) in [4.78, 5) is 38.7. The predicted octanol–water partition coefficient (Wildman–Crippen LogP) is 15.1. The van der Waals surface area contributed by atoms with Crippen LogP contribution in [0.2, 0.25) is 0 Å². The van der Waals surface area contributed by atoms with Crippen molar-refractivity contribution in [1.82, 2.24) is 83.3 Å². The molecule has 13 aromatic rings. The summed E-state index contributed by atoms with van der Waals surface area (Å²) < 4.78 is 88.2. The van der Waals surface area contributed by atoms with Crippen LogP contribution < -0.4 is 65.6 Å². The van der Waals surface area contributed by atoms with E-state index in [1.807, 2.05) is 69.3 Å². The van der Waals surface area contributed by atoms with Gasteiger partial charge in [0.2, 0.25) is 5.88 Å². The number of halogens is 2. The molecule has 0 saturated carbocycles. The van der Waals surface area contributed by atoms with Gasteiger partial charge in [-0.15, -0.1) is 20.4 Å². The lowest BCUT2D eigenvalue weighted by Crippen LogP contribution is -2.20. The number of benzene rings is 4. The number of nitrogens with zero attached hydrogens (tertiary/aromatic N) is 17. The molecule has 4 aromatic carbocycles. The molecule has 12 N–H and O–H groups in total. The summed E-state index contributed by atoms with van der Waals surface area (Å²) >= 11 is 0. The Balaban J connectivity index is 0.000000180. The van der Waals surface area contributed by atoms with Crippen LogP contribution in [0.4, 0.5) is 32.1 Å². The number of rotatable bonds is 50. The molecule has 0 spiro atoms. The van der Waals surface area contributed by atoms with Crippen LogP contribution in [0.15, 0.2) is 110 Å². The molecular weight excluding hydrogens is 1670 g/mol. The van der Waals surface area contributed by atoms with E-state index in [4.69, 9.17) is 65.6 Å². The second-order valence-corrected chi connectivity index (χ2v) is 31.7. The third-order valence-electron chi connectivity index (χ3n) is 21.3. The van der Waals surface area contributed by atoms with Crippen LogP contribution >= 0.6 is 0 Å². The summed E-state index contributed by atoms with van der Waals surface area (Å²) in [6, 6.07) is 25.1. The van der Waals surface area contributed by atoms with E-state index >= 15 is 0 Å². The standard InChI is InChI=1S/C26H33N5O3.C24H35N5O4.C22H29F2N5O3.C22H32N6O3/c1-3-5-15-33-23-12-11-18(21-9-6-7-10-22(21)23)16-19-17-28-25-24(27)29-26(30-31(19)25)34-20(8-4-2)13-14-32;1-4-7-13-32-20-10-9-17(21(15-20)31-6-3)14-18-16-26-23-22(25)27-24(28-29(18)23)33-19(8-5-2)11-12-30;1-3-5-9-31-16-11-18(23)17(19(24)12-16)10-14-13-26-21-20(25)27-22(28-29(14)21)32-15(6-4-2)7-8-30;1-4-6-18(9-10-29)31-22-26-20(23)21-25-13-17(28(21)27-22)11-16-7-8-19(24-12-16)30-14-15(3)5-2/h6-7,9-12,17,20,32H,3-5,8,13-16H2,1-2H3,(H2,27,29,30);9-10,15-16,19,30H,4-8,11-14H2,1-3H3,(H2,25,27,28);11-13,15,30H,3-10H2,1-2H3,(H2,25,27,28);7-8,12-13,15,18,29H,4-6,9-11,14H2,1-3H3,(H2,23,26,27). The van der Waals surface area contributed by atoms with Crippen molar-refractivity contribution in [3.63, 3.8) is 0 Å². The van der Waals surface area contributed by atoms with E-state index in [1.165, 1.54) is 22.8 Å². The molecule has 702 valence electrons. The number of nitrogens with two attached hydrogens (primary N) is 4. The molecular formula is C94H129F2N21O13. The Morgan fingerprint density at radius 2 is 0.777 bits per heavy atom. The number of aliphatic hydroxyl groups excluding tert-OH is 4. The van der Waals surface area contributed by atoms with Crippen molar-refractivity contribution in [2.45, 2.75) is 241 Å². The first-order chi connectivity index (χ1) is 63.2. The van der Waals surface area contributed by atoms with Gasteiger partial charge in [-0.3, -0.25) is 0 Å².